The molecule has 3 rings (SSSR count). The summed E-state index contributed by atoms with van der Waals surface area (Å²) in [6, 6.07) is 8.62. The van der Waals surface area contributed by atoms with Gasteiger partial charge in [-0.1, -0.05) is 18.2 Å². The van der Waals surface area contributed by atoms with Crippen LogP contribution in [0.4, 0.5) is 11.5 Å². The van der Waals surface area contributed by atoms with E-state index in [9.17, 15) is 28.4 Å². The number of aromatic nitrogens is 1. The predicted molar refractivity (Wildman–Crippen MR) is 113 cm³/mol. The number of nitrogens with one attached hydrogen (secondary N) is 2. The van der Waals surface area contributed by atoms with Crippen LogP contribution < -0.4 is 10.0 Å². The highest BCUT2D eigenvalue weighted by Crippen LogP contribution is 2.32. The molecule has 166 valence electrons. The van der Waals surface area contributed by atoms with E-state index in [1.54, 1.807) is 25.1 Å². The molecule has 3 N–H and O–H groups in total. The zero-order valence-electron chi connectivity index (χ0n) is 16.9. The predicted octanol–water partition coefficient (Wildman–Crippen LogP) is 2.46. The van der Waals surface area contributed by atoms with Crippen LogP contribution in [0.2, 0.25) is 0 Å². The number of hydrogen-bond acceptors (Lipinski definition) is 8. The van der Waals surface area contributed by atoms with Gasteiger partial charge in [0.1, 0.15) is 4.90 Å². The Morgan fingerprint density at radius 2 is 1.94 bits per heavy atom. The van der Waals surface area contributed by atoms with Crippen LogP contribution in [0, 0.1) is 16.0 Å². The molecule has 0 bridgehead atoms. The minimum Gasteiger partial charge on any atom is -0.390 e. The summed E-state index contributed by atoms with van der Waals surface area (Å²) in [7, 11) is -4.35. The minimum absolute atomic E-state index is 0.0457. The van der Waals surface area contributed by atoms with Crippen LogP contribution in [0.1, 0.15) is 43.0 Å². The summed E-state index contributed by atoms with van der Waals surface area (Å²) in [5, 5.41) is 24.4. The molecule has 1 amide bonds. The SMILES string of the molecule is CC1(O)CCC(CNc2ncc(S(=O)(=O)NC(=O)c3ccccc3)cc2[N+](=O)[O-])CC1. The van der Waals surface area contributed by atoms with E-state index < -0.39 is 37.0 Å². The lowest BCUT2D eigenvalue weighted by Gasteiger charge is -2.33. The summed E-state index contributed by atoms with van der Waals surface area (Å²) >= 11 is 0. The van der Waals surface area contributed by atoms with E-state index in [0.717, 1.165) is 25.1 Å². The van der Waals surface area contributed by atoms with Gasteiger partial charge in [0.15, 0.2) is 0 Å². The van der Waals surface area contributed by atoms with Crippen LogP contribution in [0.25, 0.3) is 0 Å². The van der Waals surface area contributed by atoms with Crippen molar-refractivity contribution in [3.63, 3.8) is 0 Å². The molecule has 0 aliphatic heterocycles. The normalized spacial score (nSPS) is 21.3. The lowest BCUT2D eigenvalue weighted by atomic mass is 9.80. The van der Waals surface area contributed by atoms with E-state index in [1.165, 1.54) is 12.1 Å². The minimum atomic E-state index is -4.35. The molecule has 1 aliphatic rings. The topological polar surface area (TPSA) is 152 Å². The maximum absolute atomic E-state index is 12.5. The van der Waals surface area contributed by atoms with Crippen molar-refractivity contribution >= 4 is 27.4 Å². The van der Waals surface area contributed by atoms with Gasteiger partial charge in [0.2, 0.25) is 5.82 Å². The molecule has 11 heteroatoms. The molecule has 1 aliphatic carbocycles. The lowest BCUT2D eigenvalue weighted by Crippen LogP contribution is -2.32. The largest absolute Gasteiger partial charge is 0.390 e. The van der Waals surface area contributed by atoms with Crippen molar-refractivity contribution < 1.29 is 23.2 Å². The van der Waals surface area contributed by atoms with E-state index in [1.807, 2.05) is 4.72 Å². The van der Waals surface area contributed by atoms with Crippen LogP contribution in [0.15, 0.2) is 47.5 Å². The monoisotopic (exact) mass is 448 g/mol. The molecule has 1 aromatic carbocycles. The second-order valence-electron chi connectivity index (χ2n) is 7.92. The smallest absolute Gasteiger partial charge is 0.312 e. The van der Waals surface area contributed by atoms with Crippen LogP contribution in [0.3, 0.4) is 0 Å². The molecule has 1 fully saturated rings. The third kappa shape index (κ3) is 5.76. The van der Waals surface area contributed by atoms with Crippen LogP contribution in [0.5, 0.6) is 0 Å². The number of amides is 1. The summed E-state index contributed by atoms with van der Waals surface area (Å²) in [5.74, 6) is -0.676. The fourth-order valence-corrected chi connectivity index (χ4v) is 4.37. The lowest BCUT2D eigenvalue weighted by molar-refractivity contribution is -0.384. The first-order chi connectivity index (χ1) is 14.6. The second-order valence-corrected chi connectivity index (χ2v) is 9.60. The Hall–Kier alpha value is -3.05. The average molecular weight is 449 g/mol. The van der Waals surface area contributed by atoms with E-state index in [0.29, 0.717) is 19.4 Å². The molecule has 10 nitrogen and oxygen atoms in total. The number of aliphatic hydroxyl groups is 1. The van der Waals surface area contributed by atoms with Crippen molar-refractivity contribution in [1.29, 1.82) is 0 Å². The number of sulfonamides is 1. The van der Waals surface area contributed by atoms with E-state index >= 15 is 0 Å². The highest BCUT2D eigenvalue weighted by Gasteiger charge is 2.29. The maximum atomic E-state index is 12.5. The first kappa shape index (κ1) is 22.6. The molecule has 0 atom stereocenters. The highest BCUT2D eigenvalue weighted by molar-refractivity contribution is 7.90. The molecule has 2 aromatic rings. The molecule has 0 spiro atoms. The van der Waals surface area contributed by atoms with Gasteiger partial charge in [-0.05, 0) is 50.7 Å². The first-order valence-corrected chi connectivity index (χ1v) is 11.3. The van der Waals surface area contributed by atoms with Gasteiger partial charge in [0.25, 0.3) is 15.9 Å². The maximum Gasteiger partial charge on any atom is 0.312 e. The Kier molecular flexibility index (Phi) is 6.56. The molecule has 31 heavy (non-hydrogen) atoms. The van der Waals surface area contributed by atoms with Crippen LogP contribution in [-0.4, -0.2) is 41.5 Å². The highest BCUT2D eigenvalue weighted by atomic mass is 32.2. The standard InChI is InChI=1S/C20H24N4O6S/c1-20(26)9-7-14(8-10-20)12-21-18-17(24(27)28)11-16(13-22-18)31(29,30)23-19(25)15-5-3-2-4-6-15/h2-6,11,13-14,26H,7-10,12H2,1H3,(H,21,22)(H,23,25). The summed E-state index contributed by atoms with van der Waals surface area (Å²) < 4.78 is 27.0. The summed E-state index contributed by atoms with van der Waals surface area (Å²) in [6.45, 7) is 2.21. The number of hydrogen-bond donors (Lipinski definition) is 3. The van der Waals surface area contributed by atoms with Gasteiger partial charge < -0.3 is 10.4 Å². The zero-order valence-corrected chi connectivity index (χ0v) is 17.8. The van der Waals surface area contributed by atoms with Crippen LogP contribution >= 0.6 is 0 Å². The van der Waals surface area contributed by atoms with Crippen molar-refractivity contribution in [3.8, 4) is 0 Å². The first-order valence-electron chi connectivity index (χ1n) is 9.80. The van der Waals surface area contributed by atoms with E-state index in [4.69, 9.17) is 0 Å². The van der Waals surface area contributed by atoms with Gasteiger partial charge in [-0.2, -0.15) is 0 Å². The molecule has 0 radical (unpaired) electrons. The Morgan fingerprint density at radius 3 is 2.55 bits per heavy atom. The Bertz CT molecular complexity index is 1060. The molecule has 1 aromatic heterocycles. The van der Waals surface area contributed by atoms with E-state index in [2.05, 4.69) is 10.3 Å². The number of carbonyl (C=O) groups is 1. The molecular weight excluding hydrogens is 424 g/mol. The van der Waals surface area contributed by atoms with Crippen molar-refractivity contribution in [3.05, 3.63) is 58.3 Å². The Labute approximate surface area is 179 Å². The number of nitrogens with zero attached hydrogens (tertiary/aromatic N) is 2. The number of anilines is 1. The van der Waals surface area contributed by atoms with Crippen LogP contribution in [-0.2, 0) is 10.0 Å². The number of pyridine rings is 1. The van der Waals surface area contributed by atoms with Gasteiger partial charge in [-0.25, -0.2) is 18.1 Å². The molecule has 0 saturated heterocycles. The summed E-state index contributed by atoms with van der Waals surface area (Å²) in [4.78, 5) is 26.4. The van der Waals surface area contributed by atoms with Gasteiger partial charge in [0.05, 0.1) is 16.7 Å². The van der Waals surface area contributed by atoms with Gasteiger partial charge in [-0.15, -0.1) is 0 Å². The third-order valence-electron chi connectivity index (χ3n) is 5.35. The quantitative estimate of drug-likeness (QED) is 0.431. The third-order valence-corrected chi connectivity index (χ3v) is 6.65. The van der Waals surface area contributed by atoms with Crippen molar-refractivity contribution in [2.75, 3.05) is 11.9 Å². The summed E-state index contributed by atoms with van der Waals surface area (Å²) in [6.07, 6.45) is 3.81. The van der Waals surface area contributed by atoms with Crippen molar-refractivity contribution in [2.45, 2.75) is 43.1 Å². The molecular formula is C20H24N4O6S. The summed E-state index contributed by atoms with van der Waals surface area (Å²) in [5.41, 5.74) is -1.04. The molecule has 1 saturated carbocycles. The molecule has 0 unspecified atom stereocenters. The van der Waals surface area contributed by atoms with Gasteiger partial charge in [0, 0.05) is 18.2 Å². The Morgan fingerprint density at radius 1 is 1.29 bits per heavy atom. The number of nitro groups is 1. The fraction of sp³-hybridized carbons (Fsp3) is 0.400. The van der Waals surface area contributed by atoms with E-state index in [-0.39, 0.29) is 17.3 Å². The second kappa shape index (κ2) is 8.98. The number of carbonyl (C=O) groups excluding carboxylic acids is 1. The van der Waals surface area contributed by atoms with Gasteiger partial charge in [-0.3, -0.25) is 14.9 Å². The van der Waals surface area contributed by atoms with Crippen molar-refractivity contribution in [2.24, 2.45) is 5.92 Å². The van der Waals surface area contributed by atoms with Crippen molar-refractivity contribution in [1.82, 2.24) is 9.71 Å². The number of rotatable bonds is 7. The Balaban J connectivity index is 1.73. The van der Waals surface area contributed by atoms with Gasteiger partial charge >= 0.3 is 5.69 Å². The average Bonchev–Trinajstić information content (AvgIpc) is 2.73. The number of benzene rings is 1. The molecule has 1 heterocycles. The fourth-order valence-electron chi connectivity index (χ4n) is 3.43. The zero-order chi connectivity index (χ0) is 22.6.